The minimum Gasteiger partial charge on any atom is -0.376 e. The first-order valence-electron chi connectivity index (χ1n) is 9.19. The predicted octanol–water partition coefficient (Wildman–Crippen LogP) is 2.99. The van der Waals surface area contributed by atoms with Crippen LogP contribution in [0.4, 0.5) is 5.69 Å². The number of carbonyl (C=O) groups excluding carboxylic acids is 2. The molecule has 1 aromatic rings. The Morgan fingerprint density at radius 3 is 2.81 bits per heavy atom. The number of ether oxygens (including phenoxy) is 1. The lowest BCUT2D eigenvalue weighted by atomic mass is 10.1. The topological polar surface area (TPSA) is 79.5 Å². The van der Waals surface area contributed by atoms with Crippen molar-refractivity contribution in [1.82, 2.24) is 10.6 Å². The summed E-state index contributed by atoms with van der Waals surface area (Å²) in [5.74, 6) is -0.308. The van der Waals surface area contributed by atoms with E-state index in [1.807, 2.05) is 6.07 Å². The monoisotopic (exact) mass is 377 g/mol. The van der Waals surface area contributed by atoms with E-state index in [9.17, 15) is 9.59 Å². The molecule has 3 N–H and O–H groups in total. The Labute approximate surface area is 160 Å². The van der Waals surface area contributed by atoms with E-state index in [2.05, 4.69) is 22.9 Å². The molecule has 1 aromatic carbocycles. The van der Waals surface area contributed by atoms with Gasteiger partial charge in [-0.25, -0.2) is 0 Å². The maximum absolute atomic E-state index is 12.5. The van der Waals surface area contributed by atoms with E-state index in [4.69, 9.17) is 17.0 Å². The fraction of sp³-hybridized carbons (Fsp3) is 0.526. The molecule has 1 atom stereocenters. The molecular weight excluding hydrogens is 350 g/mol. The van der Waals surface area contributed by atoms with Gasteiger partial charge in [-0.1, -0.05) is 31.9 Å². The van der Waals surface area contributed by atoms with Gasteiger partial charge in [-0.2, -0.15) is 0 Å². The van der Waals surface area contributed by atoms with Gasteiger partial charge in [0, 0.05) is 19.6 Å². The van der Waals surface area contributed by atoms with E-state index >= 15 is 0 Å². The summed E-state index contributed by atoms with van der Waals surface area (Å²) in [7, 11) is 0. The lowest BCUT2D eigenvalue weighted by molar-refractivity contribution is -0.119. The van der Waals surface area contributed by atoms with Crippen LogP contribution in [-0.2, 0) is 9.53 Å². The number of thiocarbonyl (C=S) groups is 1. The van der Waals surface area contributed by atoms with Gasteiger partial charge in [-0.15, -0.1) is 0 Å². The highest BCUT2D eigenvalue weighted by molar-refractivity contribution is 7.80. The van der Waals surface area contributed by atoms with Gasteiger partial charge in [-0.3, -0.25) is 9.59 Å². The quantitative estimate of drug-likeness (QED) is 0.479. The molecule has 1 fully saturated rings. The standard InChI is InChI=1S/C19H27N3O3S/c1-2-3-4-11-17(23)22-19(26)21-16-10-6-5-9-15(16)18(24)20-13-14-8-7-12-25-14/h5-6,9-10,14H,2-4,7-8,11-13H2,1H3,(H,20,24)(H2,21,22,23,26)/t14-/m1/s1. The Hall–Kier alpha value is -1.99. The van der Waals surface area contributed by atoms with Gasteiger partial charge in [0.25, 0.3) is 5.91 Å². The molecule has 1 heterocycles. The molecule has 7 heteroatoms. The Bertz CT molecular complexity index is 630. The van der Waals surface area contributed by atoms with Crippen molar-refractivity contribution >= 4 is 34.8 Å². The Kier molecular flexibility index (Phi) is 8.50. The molecule has 0 unspecified atom stereocenters. The molecule has 26 heavy (non-hydrogen) atoms. The molecule has 0 radical (unpaired) electrons. The van der Waals surface area contributed by atoms with Crippen molar-refractivity contribution in [3.8, 4) is 0 Å². The van der Waals surface area contributed by atoms with Crippen LogP contribution in [0.15, 0.2) is 24.3 Å². The van der Waals surface area contributed by atoms with E-state index in [1.165, 1.54) is 0 Å². The number of hydrogen-bond donors (Lipinski definition) is 3. The lowest BCUT2D eigenvalue weighted by Gasteiger charge is -2.15. The number of carbonyl (C=O) groups is 2. The molecule has 0 bridgehead atoms. The van der Waals surface area contributed by atoms with Crippen molar-refractivity contribution in [1.29, 1.82) is 0 Å². The van der Waals surface area contributed by atoms with E-state index in [1.54, 1.807) is 18.2 Å². The number of para-hydroxylation sites is 1. The summed E-state index contributed by atoms with van der Waals surface area (Å²) in [4.78, 5) is 24.3. The first kappa shape index (κ1) is 20.3. The maximum atomic E-state index is 12.5. The van der Waals surface area contributed by atoms with Gasteiger partial charge in [0.15, 0.2) is 5.11 Å². The van der Waals surface area contributed by atoms with Crippen LogP contribution in [0.5, 0.6) is 0 Å². The van der Waals surface area contributed by atoms with Crippen LogP contribution >= 0.6 is 12.2 Å². The Balaban J connectivity index is 1.87. The summed E-state index contributed by atoms with van der Waals surface area (Å²) in [5, 5.41) is 8.70. The second kappa shape index (κ2) is 10.9. The maximum Gasteiger partial charge on any atom is 0.253 e. The number of amides is 2. The Morgan fingerprint density at radius 2 is 2.08 bits per heavy atom. The normalized spacial score (nSPS) is 16.1. The second-order valence-electron chi connectivity index (χ2n) is 6.35. The molecule has 1 aliphatic heterocycles. The largest absolute Gasteiger partial charge is 0.376 e. The molecule has 2 amide bonds. The van der Waals surface area contributed by atoms with Crippen LogP contribution in [-0.4, -0.2) is 36.2 Å². The predicted molar refractivity (Wildman–Crippen MR) is 106 cm³/mol. The third kappa shape index (κ3) is 6.72. The summed E-state index contributed by atoms with van der Waals surface area (Å²) in [6.45, 7) is 3.33. The fourth-order valence-electron chi connectivity index (χ4n) is 2.78. The van der Waals surface area contributed by atoms with E-state index < -0.39 is 0 Å². The summed E-state index contributed by atoms with van der Waals surface area (Å²) in [5.41, 5.74) is 1.05. The molecule has 1 saturated heterocycles. The number of rotatable bonds is 8. The van der Waals surface area contributed by atoms with Crippen molar-refractivity contribution in [2.75, 3.05) is 18.5 Å². The highest BCUT2D eigenvalue weighted by Crippen LogP contribution is 2.16. The van der Waals surface area contributed by atoms with Gasteiger partial charge >= 0.3 is 0 Å². The van der Waals surface area contributed by atoms with Crippen LogP contribution in [0.3, 0.4) is 0 Å². The highest BCUT2D eigenvalue weighted by atomic mass is 32.1. The molecule has 2 rings (SSSR count). The fourth-order valence-corrected chi connectivity index (χ4v) is 3.00. The van der Waals surface area contributed by atoms with Crippen LogP contribution in [0.1, 0.15) is 55.8 Å². The van der Waals surface area contributed by atoms with Gasteiger partial charge in [0.2, 0.25) is 5.91 Å². The van der Waals surface area contributed by atoms with E-state index in [-0.39, 0.29) is 23.0 Å². The van der Waals surface area contributed by atoms with E-state index in [0.717, 1.165) is 38.7 Å². The Morgan fingerprint density at radius 1 is 1.27 bits per heavy atom. The van der Waals surface area contributed by atoms with Crippen LogP contribution in [0.2, 0.25) is 0 Å². The molecular formula is C19H27N3O3S. The van der Waals surface area contributed by atoms with Gasteiger partial charge < -0.3 is 20.7 Å². The highest BCUT2D eigenvalue weighted by Gasteiger charge is 2.18. The zero-order chi connectivity index (χ0) is 18.8. The van der Waals surface area contributed by atoms with Gasteiger partial charge in [0.05, 0.1) is 17.4 Å². The molecule has 0 aliphatic carbocycles. The lowest BCUT2D eigenvalue weighted by Crippen LogP contribution is -2.35. The zero-order valence-electron chi connectivity index (χ0n) is 15.2. The molecule has 0 saturated carbocycles. The molecule has 142 valence electrons. The summed E-state index contributed by atoms with van der Waals surface area (Å²) in [6, 6.07) is 7.08. The molecule has 0 aromatic heterocycles. The zero-order valence-corrected chi connectivity index (χ0v) is 16.0. The smallest absolute Gasteiger partial charge is 0.253 e. The number of anilines is 1. The number of unbranched alkanes of at least 4 members (excludes halogenated alkanes) is 2. The SMILES string of the molecule is CCCCCC(=O)NC(=S)Nc1ccccc1C(=O)NC[C@H]1CCCO1. The van der Waals surface area contributed by atoms with Gasteiger partial charge in [-0.05, 0) is 43.6 Å². The van der Waals surface area contributed by atoms with Crippen molar-refractivity contribution in [3.63, 3.8) is 0 Å². The second-order valence-corrected chi connectivity index (χ2v) is 6.76. The average molecular weight is 378 g/mol. The first-order chi connectivity index (χ1) is 12.6. The summed E-state index contributed by atoms with van der Waals surface area (Å²) in [6.07, 6.45) is 5.44. The van der Waals surface area contributed by atoms with Crippen LogP contribution < -0.4 is 16.0 Å². The van der Waals surface area contributed by atoms with E-state index in [0.29, 0.717) is 24.2 Å². The van der Waals surface area contributed by atoms with Crippen LogP contribution in [0, 0.1) is 0 Å². The third-order valence-corrected chi connectivity index (χ3v) is 4.40. The molecule has 6 nitrogen and oxygen atoms in total. The minimum atomic E-state index is -0.194. The molecule has 1 aliphatic rings. The number of hydrogen-bond acceptors (Lipinski definition) is 4. The van der Waals surface area contributed by atoms with Gasteiger partial charge in [0.1, 0.15) is 0 Å². The van der Waals surface area contributed by atoms with Crippen molar-refractivity contribution in [3.05, 3.63) is 29.8 Å². The summed E-state index contributed by atoms with van der Waals surface area (Å²) >= 11 is 5.19. The average Bonchev–Trinajstić information content (AvgIpc) is 3.14. The van der Waals surface area contributed by atoms with Crippen molar-refractivity contribution < 1.29 is 14.3 Å². The van der Waals surface area contributed by atoms with Crippen molar-refractivity contribution in [2.45, 2.75) is 51.6 Å². The minimum absolute atomic E-state index is 0.0857. The third-order valence-electron chi connectivity index (χ3n) is 4.19. The van der Waals surface area contributed by atoms with Crippen molar-refractivity contribution in [2.24, 2.45) is 0 Å². The number of nitrogens with one attached hydrogen (secondary N) is 3. The first-order valence-corrected chi connectivity index (χ1v) is 9.60. The molecule has 0 spiro atoms. The van der Waals surface area contributed by atoms with Crippen LogP contribution in [0.25, 0.3) is 0 Å². The number of benzene rings is 1. The summed E-state index contributed by atoms with van der Waals surface area (Å²) < 4.78 is 5.52.